The molecule has 0 saturated carbocycles. The Morgan fingerprint density at radius 3 is 3.00 bits per heavy atom. The minimum absolute atomic E-state index is 0.184. The normalized spacial score (nSPS) is 26.9. The van der Waals surface area contributed by atoms with Crippen molar-refractivity contribution in [2.75, 3.05) is 13.2 Å². The van der Waals surface area contributed by atoms with Crippen molar-refractivity contribution in [2.45, 2.75) is 31.8 Å². The first-order valence-electron chi connectivity index (χ1n) is 6.30. The van der Waals surface area contributed by atoms with Crippen molar-refractivity contribution in [1.29, 1.82) is 0 Å². The summed E-state index contributed by atoms with van der Waals surface area (Å²) in [7, 11) is 0. The Kier molecular flexibility index (Phi) is 2.57. The molecule has 1 aromatic rings. The van der Waals surface area contributed by atoms with E-state index in [0.29, 0.717) is 6.42 Å². The van der Waals surface area contributed by atoms with E-state index >= 15 is 0 Å². The van der Waals surface area contributed by atoms with Crippen LogP contribution in [0.3, 0.4) is 0 Å². The largest absolute Gasteiger partial charge is 0.396 e. The second kappa shape index (κ2) is 3.97. The topological polar surface area (TPSA) is 29.5 Å². The molecule has 2 nitrogen and oxygen atoms in total. The first kappa shape index (κ1) is 11.0. The van der Waals surface area contributed by atoms with Gasteiger partial charge < -0.3 is 9.84 Å². The Hall–Kier alpha value is -1.12. The maximum atomic E-state index is 9.22. The smallest absolute Gasteiger partial charge is 0.0894 e. The molecule has 0 amide bonds. The van der Waals surface area contributed by atoms with Crippen LogP contribution >= 0.6 is 0 Å². The molecule has 0 spiro atoms. The van der Waals surface area contributed by atoms with Crippen molar-refractivity contribution in [3.05, 3.63) is 41.0 Å². The number of aliphatic hydroxyl groups excluding tert-OH is 1. The van der Waals surface area contributed by atoms with Gasteiger partial charge in [-0.05, 0) is 42.0 Å². The highest BCUT2D eigenvalue weighted by Crippen LogP contribution is 2.45. The van der Waals surface area contributed by atoms with E-state index in [-0.39, 0.29) is 12.2 Å². The minimum Gasteiger partial charge on any atom is -0.396 e. The number of aliphatic hydroxyl groups is 1. The SMILES string of the molecule is CC1(CCO)OCCC2=C1Cc1ccccc12. The minimum atomic E-state index is -0.263. The fourth-order valence-corrected chi connectivity index (χ4v) is 3.12. The molecule has 17 heavy (non-hydrogen) atoms. The molecule has 1 N–H and O–H groups in total. The molecule has 0 saturated heterocycles. The number of ether oxygens (including phenoxy) is 1. The Morgan fingerprint density at radius 1 is 1.35 bits per heavy atom. The highest BCUT2D eigenvalue weighted by atomic mass is 16.5. The molecule has 1 heterocycles. The van der Waals surface area contributed by atoms with Crippen LogP contribution in [0.1, 0.15) is 30.9 Å². The van der Waals surface area contributed by atoms with Crippen LogP contribution in [0.5, 0.6) is 0 Å². The van der Waals surface area contributed by atoms with Crippen molar-refractivity contribution in [3.8, 4) is 0 Å². The van der Waals surface area contributed by atoms with Crippen LogP contribution in [-0.4, -0.2) is 23.9 Å². The van der Waals surface area contributed by atoms with Gasteiger partial charge in [0.1, 0.15) is 0 Å². The van der Waals surface area contributed by atoms with Gasteiger partial charge in [-0.25, -0.2) is 0 Å². The second-order valence-electron chi connectivity index (χ2n) is 5.09. The third-order valence-electron chi connectivity index (χ3n) is 4.07. The highest BCUT2D eigenvalue weighted by molar-refractivity contribution is 5.78. The van der Waals surface area contributed by atoms with Crippen LogP contribution in [0.15, 0.2) is 29.8 Å². The van der Waals surface area contributed by atoms with Crippen LogP contribution in [0, 0.1) is 0 Å². The third kappa shape index (κ3) is 1.63. The summed E-state index contributed by atoms with van der Waals surface area (Å²) in [6.45, 7) is 3.07. The maximum Gasteiger partial charge on any atom is 0.0894 e. The summed E-state index contributed by atoms with van der Waals surface area (Å²) in [4.78, 5) is 0. The van der Waals surface area contributed by atoms with E-state index in [1.165, 1.54) is 22.3 Å². The van der Waals surface area contributed by atoms with E-state index < -0.39 is 0 Å². The van der Waals surface area contributed by atoms with Crippen LogP contribution < -0.4 is 0 Å². The Labute approximate surface area is 102 Å². The molecule has 1 aliphatic heterocycles. The predicted octanol–water partition coefficient (Wildman–Crippen LogP) is 2.56. The lowest BCUT2D eigenvalue weighted by Crippen LogP contribution is -2.36. The lowest BCUT2D eigenvalue weighted by Gasteiger charge is -2.36. The Balaban J connectivity index is 2.05. The van der Waals surface area contributed by atoms with Gasteiger partial charge in [-0.2, -0.15) is 0 Å². The summed E-state index contributed by atoms with van der Waals surface area (Å²) in [6.07, 6.45) is 2.69. The number of benzene rings is 1. The van der Waals surface area contributed by atoms with E-state index in [1.807, 2.05) is 0 Å². The van der Waals surface area contributed by atoms with Crippen LogP contribution in [0.4, 0.5) is 0 Å². The van der Waals surface area contributed by atoms with Crippen molar-refractivity contribution in [2.24, 2.45) is 0 Å². The molecule has 1 unspecified atom stereocenters. The Bertz CT molecular complexity index is 476. The van der Waals surface area contributed by atoms with Gasteiger partial charge in [-0.1, -0.05) is 24.3 Å². The fraction of sp³-hybridized carbons (Fsp3) is 0.467. The quantitative estimate of drug-likeness (QED) is 0.846. The first-order chi connectivity index (χ1) is 8.24. The van der Waals surface area contributed by atoms with Crippen molar-refractivity contribution in [1.82, 2.24) is 0 Å². The van der Waals surface area contributed by atoms with E-state index in [0.717, 1.165) is 19.4 Å². The molecule has 3 rings (SSSR count). The van der Waals surface area contributed by atoms with Gasteiger partial charge in [-0.15, -0.1) is 0 Å². The molecule has 0 aromatic heterocycles. The van der Waals surface area contributed by atoms with Gasteiger partial charge in [0, 0.05) is 13.0 Å². The molecule has 2 heteroatoms. The van der Waals surface area contributed by atoms with E-state index in [1.54, 1.807) is 0 Å². The summed E-state index contributed by atoms with van der Waals surface area (Å²) in [5, 5.41) is 9.22. The molecule has 0 radical (unpaired) electrons. The zero-order valence-electron chi connectivity index (χ0n) is 10.2. The van der Waals surface area contributed by atoms with E-state index in [4.69, 9.17) is 4.74 Å². The van der Waals surface area contributed by atoms with Gasteiger partial charge in [0.05, 0.1) is 12.2 Å². The molecule has 0 bridgehead atoms. The molecule has 2 aliphatic rings. The maximum absolute atomic E-state index is 9.22. The molecular weight excluding hydrogens is 212 g/mol. The molecule has 0 fully saturated rings. The van der Waals surface area contributed by atoms with E-state index in [2.05, 4.69) is 31.2 Å². The van der Waals surface area contributed by atoms with Gasteiger partial charge >= 0.3 is 0 Å². The standard InChI is InChI=1S/C15H18O2/c1-15(7-8-16)14-10-11-4-2-3-5-12(11)13(14)6-9-17-15/h2-5,16H,6-10H2,1H3. The summed E-state index contributed by atoms with van der Waals surface area (Å²) in [5.41, 5.74) is 5.39. The second-order valence-corrected chi connectivity index (χ2v) is 5.09. The van der Waals surface area contributed by atoms with Crippen LogP contribution in [0.2, 0.25) is 0 Å². The highest BCUT2D eigenvalue weighted by Gasteiger charge is 2.38. The van der Waals surface area contributed by atoms with E-state index in [9.17, 15) is 5.11 Å². The average molecular weight is 230 g/mol. The lowest BCUT2D eigenvalue weighted by molar-refractivity contribution is -0.0239. The predicted molar refractivity (Wildman–Crippen MR) is 67.7 cm³/mol. The van der Waals surface area contributed by atoms with Crippen LogP contribution in [0.25, 0.3) is 5.57 Å². The molecule has 1 aliphatic carbocycles. The van der Waals surface area contributed by atoms with Gasteiger partial charge in [0.2, 0.25) is 0 Å². The summed E-state index contributed by atoms with van der Waals surface area (Å²) in [5.74, 6) is 0. The fourth-order valence-electron chi connectivity index (χ4n) is 3.12. The van der Waals surface area contributed by atoms with Crippen molar-refractivity contribution in [3.63, 3.8) is 0 Å². The summed E-state index contributed by atoms with van der Waals surface area (Å²) in [6, 6.07) is 8.62. The third-order valence-corrected chi connectivity index (χ3v) is 4.07. The molecule has 1 atom stereocenters. The molecule has 1 aromatic carbocycles. The van der Waals surface area contributed by atoms with Gasteiger partial charge in [0.25, 0.3) is 0 Å². The Morgan fingerprint density at radius 2 is 2.18 bits per heavy atom. The zero-order valence-corrected chi connectivity index (χ0v) is 10.2. The summed E-state index contributed by atoms with van der Waals surface area (Å²) >= 11 is 0. The zero-order chi connectivity index (χ0) is 11.9. The monoisotopic (exact) mass is 230 g/mol. The van der Waals surface area contributed by atoms with Crippen molar-refractivity contribution < 1.29 is 9.84 Å². The van der Waals surface area contributed by atoms with Gasteiger partial charge in [0.15, 0.2) is 0 Å². The molecule has 90 valence electrons. The molecular formula is C15H18O2. The van der Waals surface area contributed by atoms with Crippen molar-refractivity contribution >= 4 is 5.57 Å². The lowest BCUT2D eigenvalue weighted by atomic mass is 9.85. The van der Waals surface area contributed by atoms with Crippen LogP contribution in [-0.2, 0) is 11.2 Å². The van der Waals surface area contributed by atoms with Gasteiger partial charge in [-0.3, -0.25) is 0 Å². The number of hydrogen-bond donors (Lipinski definition) is 1. The number of hydrogen-bond acceptors (Lipinski definition) is 2. The summed E-state index contributed by atoms with van der Waals surface area (Å²) < 4.78 is 5.93. The number of fused-ring (bicyclic) bond motifs is 2. The number of rotatable bonds is 2. The average Bonchev–Trinajstić information content (AvgIpc) is 2.70. The first-order valence-corrected chi connectivity index (χ1v) is 6.30.